The van der Waals surface area contributed by atoms with Crippen molar-refractivity contribution in [1.29, 1.82) is 0 Å². The van der Waals surface area contributed by atoms with Crippen molar-refractivity contribution in [2.24, 2.45) is 0 Å². The summed E-state index contributed by atoms with van der Waals surface area (Å²) in [6, 6.07) is 0. The second-order valence-electron chi connectivity index (χ2n) is 1.95. The molecule has 0 saturated heterocycles. The van der Waals surface area contributed by atoms with Gasteiger partial charge in [-0.25, -0.2) is 0 Å². The van der Waals surface area contributed by atoms with E-state index in [9.17, 15) is 4.79 Å². The molecule has 11 heavy (non-hydrogen) atoms. The molecule has 1 aromatic heterocycles. The summed E-state index contributed by atoms with van der Waals surface area (Å²) in [4.78, 5) is 10.7. The van der Waals surface area contributed by atoms with Crippen molar-refractivity contribution in [1.82, 2.24) is 10.2 Å². The lowest BCUT2D eigenvalue weighted by atomic mass is 10.3. The van der Waals surface area contributed by atoms with Gasteiger partial charge in [-0.15, -0.1) is 0 Å². The first kappa shape index (κ1) is 8.26. The molecule has 4 nitrogen and oxygen atoms in total. The quantitative estimate of drug-likeness (QED) is 0.751. The van der Waals surface area contributed by atoms with E-state index in [4.69, 9.17) is 0 Å². The molecule has 0 unspecified atom stereocenters. The number of aromatic nitrogens is 2. The number of hydrogen-bond acceptors (Lipinski definition) is 3. The number of nitrogens with one attached hydrogen (secondary N) is 1. The number of carbonyl (C=O) groups excluding carboxylic acids is 1. The summed E-state index contributed by atoms with van der Waals surface area (Å²) >= 11 is 3.22. The normalized spacial score (nSPS) is 9.64. The van der Waals surface area contributed by atoms with Gasteiger partial charge in [0.05, 0.1) is 29.9 Å². The summed E-state index contributed by atoms with van der Waals surface area (Å²) < 4.78 is 5.27. The molecule has 0 bridgehead atoms. The van der Waals surface area contributed by atoms with Crippen molar-refractivity contribution < 1.29 is 9.53 Å². The van der Waals surface area contributed by atoms with Crippen LogP contribution in [-0.4, -0.2) is 23.3 Å². The molecule has 1 aromatic rings. The minimum atomic E-state index is -0.282. The van der Waals surface area contributed by atoms with Crippen LogP contribution < -0.4 is 0 Å². The molecule has 60 valence electrons. The number of rotatable bonds is 2. The Morgan fingerprint density at radius 2 is 2.64 bits per heavy atom. The summed E-state index contributed by atoms with van der Waals surface area (Å²) in [5, 5.41) is 6.40. The van der Waals surface area contributed by atoms with Crippen LogP contribution in [0.3, 0.4) is 0 Å². The summed E-state index contributed by atoms with van der Waals surface area (Å²) in [7, 11) is 1.35. The fraction of sp³-hybridized carbons (Fsp3) is 0.333. The van der Waals surface area contributed by atoms with Gasteiger partial charge in [-0.2, -0.15) is 5.10 Å². The van der Waals surface area contributed by atoms with Crippen LogP contribution in [0.2, 0.25) is 0 Å². The van der Waals surface area contributed by atoms with Gasteiger partial charge in [0.1, 0.15) is 0 Å². The minimum absolute atomic E-state index is 0.219. The van der Waals surface area contributed by atoms with Crippen LogP contribution in [0, 0.1) is 0 Å². The number of hydrogen-bond donors (Lipinski definition) is 1. The lowest BCUT2D eigenvalue weighted by Gasteiger charge is -1.95. The highest BCUT2D eigenvalue weighted by Gasteiger charge is 2.07. The summed E-state index contributed by atoms with van der Waals surface area (Å²) in [5.74, 6) is -0.282. The number of halogens is 1. The number of carbonyl (C=O) groups is 1. The molecule has 0 fully saturated rings. The smallest absolute Gasteiger partial charge is 0.311 e. The van der Waals surface area contributed by atoms with E-state index in [1.54, 1.807) is 6.20 Å². The number of aromatic amines is 1. The molecule has 0 atom stereocenters. The van der Waals surface area contributed by atoms with Gasteiger partial charge in [-0.3, -0.25) is 9.89 Å². The highest BCUT2D eigenvalue weighted by atomic mass is 79.9. The molecule has 0 saturated carbocycles. The molecule has 0 amide bonds. The second kappa shape index (κ2) is 3.52. The summed E-state index contributed by atoms with van der Waals surface area (Å²) in [6.07, 6.45) is 1.81. The van der Waals surface area contributed by atoms with E-state index in [0.29, 0.717) is 0 Å². The van der Waals surface area contributed by atoms with Crippen molar-refractivity contribution in [3.63, 3.8) is 0 Å². The SMILES string of the molecule is COC(=O)Cc1[nH]ncc1Br. The zero-order valence-corrected chi connectivity index (χ0v) is 7.51. The van der Waals surface area contributed by atoms with E-state index in [1.165, 1.54) is 7.11 Å². The molecular weight excluding hydrogens is 212 g/mol. The van der Waals surface area contributed by atoms with Gasteiger partial charge in [-0.1, -0.05) is 0 Å². The van der Waals surface area contributed by atoms with Gasteiger partial charge in [-0.05, 0) is 15.9 Å². The van der Waals surface area contributed by atoms with Crippen molar-refractivity contribution in [3.05, 3.63) is 16.4 Å². The van der Waals surface area contributed by atoms with Crippen LogP contribution in [0.15, 0.2) is 10.7 Å². The number of esters is 1. The molecule has 1 rings (SSSR count). The van der Waals surface area contributed by atoms with Gasteiger partial charge in [0.15, 0.2) is 0 Å². The first-order valence-corrected chi connectivity index (χ1v) is 3.78. The Kier molecular flexibility index (Phi) is 2.64. The minimum Gasteiger partial charge on any atom is -0.469 e. The van der Waals surface area contributed by atoms with Crippen molar-refractivity contribution in [2.75, 3.05) is 7.11 Å². The van der Waals surface area contributed by atoms with E-state index in [0.717, 1.165) is 10.2 Å². The highest BCUT2D eigenvalue weighted by molar-refractivity contribution is 9.10. The zero-order valence-electron chi connectivity index (χ0n) is 5.93. The van der Waals surface area contributed by atoms with E-state index in [-0.39, 0.29) is 12.4 Å². The van der Waals surface area contributed by atoms with Crippen LogP contribution in [0.4, 0.5) is 0 Å². The van der Waals surface area contributed by atoms with Crippen LogP contribution in [0.5, 0.6) is 0 Å². The highest BCUT2D eigenvalue weighted by Crippen LogP contribution is 2.12. The summed E-state index contributed by atoms with van der Waals surface area (Å²) in [6.45, 7) is 0. The topological polar surface area (TPSA) is 55.0 Å². The monoisotopic (exact) mass is 218 g/mol. The van der Waals surface area contributed by atoms with Crippen LogP contribution in [0.25, 0.3) is 0 Å². The fourth-order valence-electron chi connectivity index (χ4n) is 0.639. The van der Waals surface area contributed by atoms with Crippen molar-refractivity contribution in [3.8, 4) is 0 Å². The zero-order chi connectivity index (χ0) is 8.27. The average Bonchev–Trinajstić information content (AvgIpc) is 2.37. The van der Waals surface area contributed by atoms with E-state index in [1.807, 2.05) is 0 Å². The Morgan fingerprint density at radius 3 is 3.09 bits per heavy atom. The Labute approximate surface area is 72.1 Å². The van der Waals surface area contributed by atoms with Gasteiger partial charge in [0, 0.05) is 0 Å². The number of methoxy groups -OCH3 is 1. The Balaban J connectivity index is 2.64. The Bertz CT molecular complexity index is 259. The van der Waals surface area contributed by atoms with Crippen LogP contribution >= 0.6 is 15.9 Å². The third-order valence-corrected chi connectivity index (χ3v) is 1.90. The maximum atomic E-state index is 10.7. The maximum Gasteiger partial charge on any atom is 0.311 e. The van der Waals surface area contributed by atoms with Crippen molar-refractivity contribution >= 4 is 21.9 Å². The summed E-state index contributed by atoms with van der Waals surface area (Å²) in [5.41, 5.74) is 0.733. The molecule has 0 aliphatic carbocycles. The largest absolute Gasteiger partial charge is 0.469 e. The second-order valence-corrected chi connectivity index (χ2v) is 2.80. The van der Waals surface area contributed by atoms with Gasteiger partial charge < -0.3 is 4.74 Å². The van der Waals surface area contributed by atoms with E-state index in [2.05, 4.69) is 30.9 Å². The lowest BCUT2D eigenvalue weighted by molar-refractivity contribution is -0.139. The van der Waals surface area contributed by atoms with E-state index >= 15 is 0 Å². The van der Waals surface area contributed by atoms with Crippen LogP contribution in [0.1, 0.15) is 5.69 Å². The molecule has 1 heterocycles. The van der Waals surface area contributed by atoms with Crippen LogP contribution in [-0.2, 0) is 16.0 Å². The fourth-order valence-corrected chi connectivity index (χ4v) is 0.970. The number of nitrogens with zero attached hydrogens (tertiary/aromatic N) is 1. The lowest BCUT2D eigenvalue weighted by Crippen LogP contribution is -2.05. The predicted octanol–water partition coefficient (Wildman–Crippen LogP) is 0.888. The predicted molar refractivity (Wildman–Crippen MR) is 42.0 cm³/mol. The molecule has 0 aliphatic rings. The molecular formula is C6H7BrN2O2. The third kappa shape index (κ3) is 2.04. The first-order valence-electron chi connectivity index (χ1n) is 2.98. The molecule has 0 spiro atoms. The standard InChI is InChI=1S/C6H7BrN2O2/c1-11-6(10)2-5-4(7)3-8-9-5/h3H,2H2,1H3,(H,8,9). The first-order chi connectivity index (χ1) is 5.24. The molecule has 1 N–H and O–H groups in total. The Morgan fingerprint density at radius 1 is 1.91 bits per heavy atom. The van der Waals surface area contributed by atoms with Gasteiger partial charge in [0.25, 0.3) is 0 Å². The van der Waals surface area contributed by atoms with Gasteiger partial charge >= 0.3 is 5.97 Å². The number of H-pyrrole nitrogens is 1. The molecule has 0 aromatic carbocycles. The van der Waals surface area contributed by atoms with Gasteiger partial charge in [0.2, 0.25) is 0 Å². The van der Waals surface area contributed by atoms with Crippen molar-refractivity contribution in [2.45, 2.75) is 6.42 Å². The average molecular weight is 219 g/mol. The third-order valence-electron chi connectivity index (χ3n) is 1.21. The van der Waals surface area contributed by atoms with E-state index < -0.39 is 0 Å². The molecule has 0 aliphatic heterocycles. The molecule has 5 heteroatoms. The number of ether oxygens (including phenoxy) is 1. The maximum absolute atomic E-state index is 10.7. The Hall–Kier alpha value is -0.840. The molecule has 0 radical (unpaired) electrons.